The predicted molar refractivity (Wildman–Crippen MR) is 75.2 cm³/mol. The van der Waals surface area contributed by atoms with Crippen LogP contribution in [0.25, 0.3) is 0 Å². The fourth-order valence-electron chi connectivity index (χ4n) is 1.67. The molecule has 1 unspecified atom stereocenters. The van der Waals surface area contributed by atoms with Crippen LogP contribution in [0.2, 0.25) is 0 Å². The van der Waals surface area contributed by atoms with Crippen molar-refractivity contribution in [1.82, 2.24) is 0 Å². The Balaban J connectivity index is 2.05. The van der Waals surface area contributed by atoms with E-state index in [4.69, 9.17) is 0 Å². The van der Waals surface area contributed by atoms with Crippen molar-refractivity contribution in [2.45, 2.75) is 11.0 Å². The van der Waals surface area contributed by atoms with Gasteiger partial charge >= 0.3 is 0 Å². The summed E-state index contributed by atoms with van der Waals surface area (Å²) in [5, 5.41) is 20.9. The minimum absolute atomic E-state index is 0.0766. The van der Waals surface area contributed by atoms with E-state index in [1.54, 1.807) is 18.2 Å². The Morgan fingerprint density at radius 2 is 1.74 bits per heavy atom. The first kappa shape index (κ1) is 13.6. The molecule has 1 atom stereocenters. The number of benzene rings is 2. The largest absolute Gasteiger partial charge is 0.388 e. The molecule has 98 valence electrons. The minimum Gasteiger partial charge on any atom is -0.388 e. The average molecular weight is 275 g/mol. The zero-order valence-corrected chi connectivity index (χ0v) is 10.9. The molecule has 0 aliphatic carbocycles. The average Bonchev–Trinajstić information content (AvgIpc) is 2.46. The summed E-state index contributed by atoms with van der Waals surface area (Å²) in [4.78, 5) is 11.0. The van der Waals surface area contributed by atoms with Gasteiger partial charge in [-0.15, -0.1) is 11.8 Å². The third-order valence-electron chi connectivity index (χ3n) is 2.64. The van der Waals surface area contributed by atoms with Crippen LogP contribution in [-0.2, 0) is 0 Å². The molecular formula is C14H13NO3S. The zero-order valence-electron chi connectivity index (χ0n) is 10.1. The van der Waals surface area contributed by atoms with Gasteiger partial charge in [0.05, 0.1) is 15.9 Å². The molecule has 0 heterocycles. The fourth-order valence-corrected chi connectivity index (χ4v) is 2.67. The number of thioether (sulfide) groups is 1. The van der Waals surface area contributed by atoms with Crippen LogP contribution in [0.3, 0.4) is 0 Å². The second-order valence-electron chi connectivity index (χ2n) is 3.96. The van der Waals surface area contributed by atoms with E-state index in [0.717, 1.165) is 5.56 Å². The van der Waals surface area contributed by atoms with Crippen molar-refractivity contribution in [1.29, 1.82) is 0 Å². The molecule has 5 heteroatoms. The summed E-state index contributed by atoms with van der Waals surface area (Å²) in [6.07, 6.45) is -0.633. The molecular weight excluding hydrogens is 262 g/mol. The molecule has 4 nitrogen and oxygen atoms in total. The van der Waals surface area contributed by atoms with Gasteiger partial charge in [0.2, 0.25) is 0 Å². The number of nitro groups is 1. The monoisotopic (exact) mass is 275 g/mol. The van der Waals surface area contributed by atoms with E-state index in [-0.39, 0.29) is 5.69 Å². The van der Waals surface area contributed by atoms with Crippen LogP contribution >= 0.6 is 11.8 Å². The Morgan fingerprint density at radius 1 is 1.11 bits per heavy atom. The van der Waals surface area contributed by atoms with Crippen molar-refractivity contribution in [3.05, 3.63) is 70.3 Å². The maximum atomic E-state index is 10.9. The van der Waals surface area contributed by atoms with E-state index < -0.39 is 11.0 Å². The summed E-state index contributed by atoms with van der Waals surface area (Å²) in [5.41, 5.74) is 0.890. The normalized spacial score (nSPS) is 12.1. The van der Waals surface area contributed by atoms with Gasteiger partial charge in [-0.3, -0.25) is 10.1 Å². The third-order valence-corrected chi connectivity index (χ3v) is 3.78. The lowest BCUT2D eigenvalue weighted by Gasteiger charge is -2.10. The highest BCUT2D eigenvalue weighted by Gasteiger charge is 2.15. The van der Waals surface area contributed by atoms with Gasteiger partial charge in [-0.05, 0) is 11.6 Å². The summed E-state index contributed by atoms with van der Waals surface area (Å²) in [6, 6.07) is 15.8. The molecule has 19 heavy (non-hydrogen) atoms. The first-order chi connectivity index (χ1) is 9.18. The molecule has 2 aromatic rings. The van der Waals surface area contributed by atoms with E-state index in [1.807, 2.05) is 30.3 Å². The van der Waals surface area contributed by atoms with Crippen molar-refractivity contribution in [3.63, 3.8) is 0 Å². The number of nitro benzene ring substituents is 1. The van der Waals surface area contributed by atoms with E-state index in [2.05, 4.69) is 0 Å². The van der Waals surface area contributed by atoms with Gasteiger partial charge in [0, 0.05) is 11.8 Å². The quantitative estimate of drug-likeness (QED) is 0.516. The number of hydrogen-bond donors (Lipinski definition) is 1. The topological polar surface area (TPSA) is 63.4 Å². The van der Waals surface area contributed by atoms with Crippen molar-refractivity contribution >= 4 is 17.4 Å². The van der Waals surface area contributed by atoms with Crippen LogP contribution in [-0.4, -0.2) is 15.8 Å². The highest BCUT2D eigenvalue weighted by Crippen LogP contribution is 2.31. The Hall–Kier alpha value is -1.85. The smallest absolute Gasteiger partial charge is 0.282 e. The fraction of sp³-hybridized carbons (Fsp3) is 0.143. The van der Waals surface area contributed by atoms with Crippen LogP contribution in [0.5, 0.6) is 0 Å². The molecule has 0 aromatic heterocycles. The van der Waals surface area contributed by atoms with E-state index in [9.17, 15) is 15.2 Å². The first-order valence-corrected chi connectivity index (χ1v) is 6.76. The van der Waals surface area contributed by atoms with Crippen molar-refractivity contribution in [3.8, 4) is 0 Å². The molecule has 0 spiro atoms. The molecule has 0 aliphatic heterocycles. The van der Waals surface area contributed by atoms with Crippen molar-refractivity contribution < 1.29 is 10.0 Å². The number of aliphatic hydroxyl groups excluding tert-OH is 1. The van der Waals surface area contributed by atoms with Gasteiger partial charge < -0.3 is 5.11 Å². The number of nitrogens with zero attached hydrogens (tertiary/aromatic N) is 1. The minimum atomic E-state index is -0.633. The second-order valence-corrected chi connectivity index (χ2v) is 5.02. The molecule has 0 fully saturated rings. The van der Waals surface area contributed by atoms with Gasteiger partial charge in [-0.2, -0.15) is 0 Å². The van der Waals surface area contributed by atoms with E-state index in [1.165, 1.54) is 17.8 Å². The molecule has 0 amide bonds. The van der Waals surface area contributed by atoms with Crippen LogP contribution < -0.4 is 0 Å². The molecule has 2 aromatic carbocycles. The molecule has 0 radical (unpaired) electrons. The Labute approximate surface area is 115 Å². The predicted octanol–water partition coefficient (Wildman–Crippen LogP) is 3.42. The number of aliphatic hydroxyl groups is 1. The summed E-state index contributed by atoms with van der Waals surface area (Å²) in [6.45, 7) is 0. The molecule has 0 aliphatic rings. The van der Waals surface area contributed by atoms with Crippen LogP contribution in [0, 0.1) is 10.1 Å². The van der Waals surface area contributed by atoms with Crippen LogP contribution in [0.1, 0.15) is 11.7 Å². The van der Waals surface area contributed by atoms with Gasteiger partial charge in [-0.1, -0.05) is 42.5 Å². The molecule has 2 rings (SSSR count). The van der Waals surface area contributed by atoms with E-state index >= 15 is 0 Å². The lowest BCUT2D eigenvalue weighted by Crippen LogP contribution is -2.00. The maximum absolute atomic E-state index is 10.9. The SMILES string of the molecule is O=[N+]([O-])c1ccccc1SCC(O)c1ccccc1. The highest BCUT2D eigenvalue weighted by molar-refractivity contribution is 7.99. The first-order valence-electron chi connectivity index (χ1n) is 5.77. The molecule has 0 saturated heterocycles. The van der Waals surface area contributed by atoms with Gasteiger partial charge in [-0.25, -0.2) is 0 Å². The van der Waals surface area contributed by atoms with Crippen molar-refractivity contribution in [2.24, 2.45) is 0 Å². The Bertz CT molecular complexity index is 560. The second kappa shape index (κ2) is 6.36. The summed E-state index contributed by atoms with van der Waals surface area (Å²) in [5.74, 6) is 0.384. The number of para-hydroxylation sites is 1. The lowest BCUT2D eigenvalue weighted by atomic mass is 10.1. The van der Waals surface area contributed by atoms with Gasteiger partial charge in [0.25, 0.3) is 5.69 Å². The highest BCUT2D eigenvalue weighted by atomic mass is 32.2. The Morgan fingerprint density at radius 3 is 2.42 bits per heavy atom. The summed E-state index contributed by atoms with van der Waals surface area (Å²) >= 11 is 1.29. The van der Waals surface area contributed by atoms with Crippen LogP contribution in [0.4, 0.5) is 5.69 Å². The molecule has 0 saturated carbocycles. The lowest BCUT2D eigenvalue weighted by molar-refractivity contribution is -0.387. The Kier molecular flexibility index (Phi) is 4.54. The van der Waals surface area contributed by atoms with Crippen molar-refractivity contribution in [2.75, 3.05) is 5.75 Å². The zero-order chi connectivity index (χ0) is 13.7. The number of hydrogen-bond acceptors (Lipinski definition) is 4. The standard InChI is InChI=1S/C14H13NO3S/c16-13(11-6-2-1-3-7-11)10-19-14-9-5-4-8-12(14)15(17)18/h1-9,13,16H,10H2. The summed E-state index contributed by atoms with van der Waals surface area (Å²) in [7, 11) is 0. The molecule has 0 bridgehead atoms. The third kappa shape index (κ3) is 3.56. The van der Waals surface area contributed by atoms with E-state index in [0.29, 0.717) is 10.6 Å². The maximum Gasteiger partial charge on any atom is 0.282 e. The summed E-state index contributed by atoms with van der Waals surface area (Å²) < 4.78 is 0. The van der Waals surface area contributed by atoms with Gasteiger partial charge in [0.1, 0.15) is 0 Å². The number of rotatable bonds is 5. The molecule has 1 N–H and O–H groups in total. The van der Waals surface area contributed by atoms with Crippen LogP contribution in [0.15, 0.2) is 59.5 Å². The van der Waals surface area contributed by atoms with Gasteiger partial charge in [0.15, 0.2) is 0 Å².